The highest BCUT2D eigenvalue weighted by Gasteiger charge is 2.12. The molecule has 0 atom stereocenters. The van der Waals surface area contributed by atoms with Gasteiger partial charge in [-0.2, -0.15) is 5.10 Å². The number of anilines is 3. The van der Waals surface area contributed by atoms with Gasteiger partial charge in [-0.05, 0) is 65.6 Å². The summed E-state index contributed by atoms with van der Waals surface area (Å²) in [7, 11) is 0. The van der Waals surface area contributed by atoms with Gasteiger partial charge in [0.2, 0.25) is 5.95 Å². The Kier molecular flexibility index (Phi) is 7.26. The molecule has 0 unspecified atom stereocenters. The minimum Gasteiger partial charge on any atom is -0.508 e. The smallest absolute Gasteiger partial charge is 0.244 e. The second-order valence-electron chi connectivity index (χ2n) is 8.37. The number of aryl methyl sites for hydroxylation is 1. The fourth-order valence-corrected chi connectivity index (χ4v) is 3.86. The third kappa shape index (κ3) is 5.79. The fourth-order valence-electron chi connectivity index (χ4n) is 3.86. The van der Waals surface area contributed by atoms with E-state index < -0.39 is 5.82 Å². The van der Waals surface area contributed by atoms with Crippen LogP contribution in [0, 0.1) is 5.82 Å². The lowest BCUT2D eigenvalue weighted by Gasteiger charge is -2.09. The summed E-state index contributed by atoms with van der Waals surface area (Å²) in [6.45, 7) is 1.98. The Morgan fingerprint density at radius 1 is 0.921 bits per heavy atom. The number of hydrogen-bond acceptors (Lipinski definition) is 8. The van der Waals surface area contributed by atoms with Crippen LogP contribution in [0.2, 0.25) is 0 Å². The molecule has 0 saturated heterocycles. The standard InChI is InChI=1S/C29H24FN7O/c1-2-19-15-31-13-12-26(19)28-27(30)18-33-29(36-28)37-34-17-23-10-11-24(16-32-23)35-22-8-6-20(7-9-22)21-4-3-5-25(38)14-21/h3-18,35,38H,2H2,1H3,(H,33,36,37)/b34-17+. The highest BCUT2D eigenvalue weighted by atomic mass is 19.1. The lowest BCUT2D eigenvalue weighted by molar-refractivity contribution is 0.475. The van der Waals surface area contributed by atoms with Crippen LogP contribution in [0.15, 0.2) is 96.6 Å². The average molecular weight is 506 g/mol. The summed E-state index contributed by atoms with van der Waals surface area (Å²) in [6.07, 6.45) is 8.37. The van der Waals surface area contributed by atoms with Crippen molar-refractivity contribution in [3.63, 3.8) is 0 Å². The molecule has 0 aliphatic rings. The largest absolute Gasteiger partial charge is 0.508 e. The van der Waals surface area contributed by atoms with Gasteiger partial charge in [-0.3, -0.25) is 9.97 Å². The zero-order valence-corrected chi connectivity index (χ0v) is 20.5. The molecule has 3 N–H and O–H groups in total. The monoisotopic (exact) mass is 505 g/mol. The van der Waals surface area contributed by atoms with Crippen LogP contribution in [-0.4, -0.2) is 31.3 Å². The highest BCUT2D eigenvalue weighted by Crippen LogP contribution is 2.26. The fraction of sp³-hybridized carbons (Fsp3) is 0.0690. The lowest BCUT2D eigenvalue weighted by Crippen LogP contribution is -2.02. The van der Waals surface area contributed by atoms with Crippen LogP contribution in [0.3, 0.4) is 0 Å². The van der Waals surface area contributed by atoms with Gasteiger partial charge in [-0.15, -0.1) is 0 Å². The molecule has 0 amide bonds. The van der Waals surface area contributed by atoms with Crippen molar-refractivity contribution in [2.24, 2.45) is 5.10 Å². The molecule has 2 aromatic carbocycles. The first-order chi connectivity index (χ1) is 18.6. The van der Waals surface area contributed by atoms with Crippen molar-refractivity contribution in [1.82, 2.24) is 19.9 Å². The summed E-state index contributed by atoms with van der Waals surface area (Å²) in [5.74, 6) is -0.108. The third-order valence-corrected chi connectivity index (χ3v) is 5.78. The van der Waals surface area contributed by atoms with Crippen molar-refractivity contribution in [3.8, 4) is 28.1 Å². The maximum Gasteiger partial charge on any atom is 0.244 e. The number of aromatic hydroxyl groups is 1. The van der Waals surface area contributed by atoms with E-state index in [2.05, 4.69) is 35.8 Å². The summed E-state index contributed by atoms with van der Waals surface area (Å²) in [5, 5.41) is 17.1. The number of benzene rings is 2. The summed E-state index contributed by atoms with van der Waals surface area (Å²) in [6, 6.07) is 20.5. The van der Waals surface area contributed by atoms with Crippen LogP contribution in [-0.2, 0) is 6.42 Å². The van der Waals surface area contributed by atoms with Crippen LogP contribution in [0.4, 0.5) is 21.7 Å². The van der Waals surface area contributed by atoms with Crippen LogP contribution in [0.25, 0.3) is 22.4 Å². The molecule has 0 saturated carbocycles. The maximum atomic E-state index is 14.4. The summed E-state index contributed by atoms with van der Waals surface area (Å²) >= 11 is 0. The van der Waals surface area contributed by atoms with Gasteiger partial charge in [-0.1, -0.05) is 31.2 Å². The summed E-state index contributed by atoms with van der Waals surface area (Å²) in [4.78, 5) is 16.8. The Hall–Kier alpha value is -5.18. The van der Waals surface area contributed by atoms with E-state index >= 15 is 0 Å². The first-order valence-corrected chi connectivity index (χ1v) is 12.0. The predicted octanol–water partition coefficient (Wildman–Crippen LogP) is 6.20. The zero-order chi connectivity index (χ0) is 26.3. The first-order valence-electron chi connectivity index (χ1n) is 12.0. The minimum atomic E-state index is -0.515. The van der Waals surface area contributed by atoms with Crippen molar-refractivity contribution in [1.29, 1.82) is 0 Å². The number of nitrogens with zero attached hydrogens (tertiary/aromatic N) is 5. The number of hydrazone groups is 1. The molecule has 5 aromatic rings. The van der Waals surface area contributed by atoms with Crippen molar-refractivity contribution in [3.05, 3.63) is 109 Å². The molecular formula is C29H24FN7O. The molecule has 0 aliphatic carbocycles. The number of phenols is 1. The van der Waals surface area contributed by atoms with E-state index in [1.54, 1.807) is 36.8 Å². The summed E-state index contributed by atoms with van der Waals surface area (Å²) in [5.41, 5.74) is 8.79. The molecule has 8 nitrogen and oxygen atoms in total. The average Bonchev–Trinajstić information content (AvgIpc) is 2.95. The molecule has 3 aromatic heterocycles. The van der Waals surface area contributed by atoms with E-state index in [1.807, 2.05) is 55.5 Å². The Bertz CT molecular complexity index is 1570. The SMILES string of the molecule is CCc1cnccc1-c1nc(N/N=C/c2ccc(Nc3ccc(-c4cccc(O)c4)cc3)cn2)ncc1F. The Balaban J connectivity index is 1.22. The van der Waals surface area contributed by atoms with Crippen molar-refractivity contribution < 1.29 is 9.50 Å². The van der Waals surface area contributed by atoms with Gasteiger partial charge >= 0.3 is 0 Å². The van der Waals surface area contributed by atoms with Gasteiger partial charge in [0.05, 0.1) is 30.0 Å². The molecule has 0 fully saturated rings. The number of halogens is 1. The maximum absolute atomic E-state index is 14.4. The molecular weight excluding hydrogens is 481 g/mol. The molecule has 38 heavy (non-hydrogen) atoms. The van der Waals surface area contributed by atoms with Gasteiger partial charge in [-0.25, -0.2) is 19.8 Å². The topological polar surface area (TPSA) is 108 Å². The lowest BCUT2D eigenvalue weighted by atomic mass is 10.1. The van der Waals surface area contributed by atoms with Gasteiger partial charge in [0.15, 0.2) is 5.82 Å². The number of rotatable bonds is 8. The van der Waals surface area contributed by atoms with Crippen molar-refractivity contribution in [2.45, 2.75) is 13.3 Å². The number of hydrogen-bond donors (Lipinski definition) is 3. The molecule has 3 heterocycles. The zero-order valence-electron chi connectivity index (χ0n) is 20.5. The van der Waals surface area contributed by atoms with Crippen LogP contribution in [0.1, 0.15) is 18.2 Å². The second-order valence-corrected chi connectivity index (χ2v) is 8.37. The van der Waals surface area contributed by atoms with Gasteiger partial charge in [0, 0.05) is 23.6 Å². The van der Waals surface area contributed by atoms with Gasteiger partial charge in [0.25, 0.3) is 0 Å². The Labute approximate surface area is 219 Å². The number of phenolic OH excluding ortho intramolecular Hbond substituents is 1. The van der Waals surface area contributed by atoms with Gasteiger partial charge in [0.1, 0.15) is 11.4 Å². The molecule has 0 bridgehead atoms. The van der Waals surface area contributed by atoms with Crippen LogP contribution in [0.5, 0.6) is 5.75 Å². The molecule has 9 heteroatoms. The molecule has 5 rings (SSSR count). The minimum absolute atomic E-state index is 0.170. The normalized spacial score (nSPS) is 11.0. The van der Waals surface area contributed by atoms with Crippen molar-refractivity contribution in [2.75, 3.05) is 10.7 Å². The van der Waals surface area contributed by atoms with E-state index in [4.69, 9.17) is 0 Å². The number of pyridine rings is 2. The molecule has 0 radical (unpaired) electrons. The van der Waals surface area contributed by atoms with E-state index in [0.717, 1.165) is 34.3 Å². The molecule has 188 valence electrons. The first kappa shape index (κ1) is 24.5. The Morgan fingerprint density at radius 2 is 1.76 bits per heavy atom. The van der Waals surface area contributed by atoms with E-state index in [-0.39, 0.29) is 17.4 Å². The third-order valence-electron chi connectivity index (χ3n) is 5.78. The van der Waals surface area contributed by atoms with Crippen molar-refractivity contribution >= 4 is 23.5 Å². The van der Waals surface area contributed by atoms with E-state index in [0.29, 0.717) is 17.7 Å². The van der Waals surface area contributed by atoms with Crippen LogP contribution < -0.4 is 10.7 Å². The molecule has 0 aliphatic heterocycles. The van der Waals surface area contributed by atoms with Crippen LogP contribution >= 0.6 is 0 Å². The van der Waals surface area contributed by atoms with Gasteiger partial charge < -0.3 is 10.4 Å². The highest BCUT2D eigenvalue weighted by molar-refractivity contribution is 5.78. The Morgan fingerprint density at radius 3 is 2.53 bits per heavy atom. The quantitative estimate of drug-likeness (QED) is 0.170. The second kappa shape index (κ2) is 11.3. The van der Waals surface area contributed by atoms with E-state index in [9.17, 15) is 9.50 Å². The van der Waals surface area contributed by atoms with E-state index in [1.165, 1.54) is 6.21 Å². The number of nitrogens with one attached hydrogen (secondary N) is 2. The summed E-state index contributed by atoms with van der Waals surface area (Å²) < 4.78 is 14.4. The number of aromatic nitrogens is 4. The predicted molar refractivity (Wildman–Crippen MR) is 147 cm³/mol. The molecule has 0 spiro atoms.